The first-order valence-corrected chi connectivity index (χ1v) is 8.79. The number of fused-ring (bicyclic) bond motifs is 1. The Hall–Kier alpha value is -3.00. The van der Waals surface area contributed by atoms with Crippen LogP contribution >= 0.6 is 11.6 Å². The van der Waals surface area contributed by atoms with Crippen molar-refractivity contribution in [1.29, 1.82) is 0 Å². The number of nitrogens with zero attached hydrogens (tertiary/aromatic N) is 2. The van der Waals surface area contributed by atoms with Gasteiger partial charge in [0.1, 0.15) is 16.9 Å². The Morgan fingerprint density at radius 3 is 2.62 bits per heavy atom. The molecule has 0 saturated heterocycles. The van der Waals surface area contributed by atoms with Gasteiger partial charge in [-0.1, -0.05) is 23.7 Å². The standard InChI is InChI=1S/C20H11ClF5N3/c21-14-5-4-11(8-13(14)20(24,25)26)9-29-7-6-16-17(10-29)28-19(27-16)12-2-1-3-15(22)18(12)23/h1-8,10H,9H2/p+1. The van der Waals surface area contributed by atoms with Gasteiger partial charge in [-0.3, -0.25) is 0 Å². The molecule has 0 bridgehead atoms. The molecule has 4 rings (SSSR count). The van der Waals surface area contributed by atoms with Crippen molar-refractivity contribution in [2.45, 2.75) is 12.7 Å². The van der Waals surface area contributed by atoms with Gasteiger partial charge in [-0.25, -0.2) is 13.8 Å². The van der Waals surface area contributed by atoms with Crippen LogP contribution in [0.25, 0.3) is 22.4 Å². The molecule has 0 aliphatic rings. The highest BCUT2D eigenvalue weighted by atomic mass is 35.5. The van der Waals surface area contributed by atoms with Crippen molar-refractivity contribution in [3.05, 3.63) is 82.6 Å². The minimum atomic E-state index is -4.55. The number of alkyl halides is 3. The molecule has 9 heteroatoms. The van der Waals surface area contributed by atoms with Crippen LogP contribution in [0.3, 0.4) is 0 Å². The molecule has 0 atom stereocenters. The van der Waals surface area contributed by atoms with E-state index >= 15 is 0 Å². The Bertz CT molecular complexity index is 1220. The Balaban J connectivity index is 1.68. The van der Waals surface area contributed by atoms with E-state index in [1.807, 2.05) is 0 Å². The van der Waals surface area contributed by atoms with Crippen LogP contribution in [0.1, 0.15) is 11.1 Å². The Kier molecular flexibility index (Phi) is 4.74. The number of H-pyrrole nitrogens is 1. The summed E-state index contributed by atoms with van der Waals surface area (Å²) in [4.78, 5) is 7.16. The fourth-order valence-corrected chi connectivity index (χ4v) is 3.24. The van der Waals surface area contributed by atoms with Crippen LogP contribution in [0.5, 0.6) is 0 Å². The average molecular weight is 425 g/mol. The van der Waals surface area contributed by atoms with E-state index in [0.29, 0.717) is 16.6 Å². The van der Waals surface area contributed by atoms with E-state index in [2.05, 4.69) is 9.97 Å². The van der Waals surface area contributed by atoms with Crippen molar-refractivity contribution in [2.75, 3.05) is 0 Å². The summed E-state index contributed by atoms with van der Waals surface area (Å²) in [5.41, 5.74) is 0.522. The predicted octanol–water partition coefficient (Wildman–Crippen LogP) is 5.52. The zero-order valence-corrected chi connectivity index (χ0v) is 15.3. The van der Waals surface area contributed by atoms with E-state index in [9.17, 15) is 22.0 Å². The first-order chi connectivity index (χ1) is 13.7. The predicted molar refractivity (Wildman–Crippen MR) is 97.2 cm³/mol. The number of nitrogens with one attached hydrogen (secondary N) is 1. The van der Waals surface area contributed by atoms with Gasteiger partial charge in [0.05, 0.1) is 16.1 Å². The van der Waals surface area contributed by atoms with Gasteiger partial charge in [-0.05, 0) is 24.3 Å². The zero-order valence-electron chi connectivity index (χ0n) is 14.6. The number of hydrogen-bond acceptors (Lipinski definition) is 1. The van der Waals surface area contributed by atoms with Gasteiger partial charge in [0, 0.05) is 11.6 Å². The van der Waals surface area contributed by atoms with E-state index in [1.165, 1.54) is 24.3 Å². The molecule has 2 aromatic heterocycles. The molecule has 0 spiro atoms. The normalized spacial score (nSPS) is 11.9. The van der Waals surface area contributed by atoms with E-state index < -0.39 is 23.4 Å². The number of imidazole rings is 1. The molecule has 0 fully saturated rings. The Labute approximate surface area is 166 Å². The molecule has 0 saturated carbocycles. The lowest BCUT2D eigenvalue weighted by molar-refractivity contribution is -0.687. The summed E-state index contributed by atoms with van der Waals surface area (Å²) < 4.78 is 68.2. The van der Waals surface area contributed by atoms with E-state index in [-0.39, 0.29) is 23.0 Å². The van der Waals surface area contributed by atoms with Crippen molar-refractivity contribution in [2.24, 2.45) is 0 Å². The molecule has 2 aromatic carbocycles. The fraction of sp³-hybridized carbons (Fsp3) is 0.100. The first-order valence-electron chi connectivity index (χ1n) is 8.41. The molecular formula is C20H12ClF5N3+. The van der Waals surface area contributed by atoms with Gasteiger partial charge >= 0.3 is 6.18 Å². The van der Waals surface area contributed by atoms with Gasteiger partial charge in [0.25, 0.3) is 0 Å². The number of benzene rings is 2. The molecule has 4 aromatic rings. The summed E-state index contributed by atoms with van der Waals surface area (Å²) in [6, 6.07) is 9.13. The van der Waals surface area contributed by atoms with Crippen molar-refractivity contribution in [1.82, 2.24) is 9.97 Å². The second-order valence-electron chi connectivity index (χ2n) is 6.41. The lowest BCUT2D eigenvalue weighted by Gasteiger charge is -2.09. The van der Waals surface area contributed by atoms with Crippen LogP contribution in [0.2, 0.25) is 5.02 Å². The molecule has 1 N–H and O–H groups in total. The molecule has 0 unspecified atom stereocenters. The van der Waals surface area contributed by atoms with Crippen LogP contribution in [0, 0.1) is 11.6 Å². The third-order valence-electron chi connectivity index (χ3n) is 4.39. The zero-order chi connectivity index (χ0) is 20.8. The van der Waals surface area contributed by atoms with Crippen molar-refractivity contribution >= 4 is 22.6 Å². The number of hydrogen-bond donors (Lipinski definition) is 1. The highest BCUT2D eigenvalue weighted by molar-refractivity contribution is 6.31. The Morgan fingerprint density at radius 1 is 1.07 bits per heavy atom. The van der Waals surface area contributed by atoms with Crippen molar-refractivity contribution in [3.8, 4) is 11.4 Å². The fourth-order valence-electron chi connectivity index (χ4n) is 3.01. The lowest BCUT2D eigenvalue weighted by atomic mass is 10.1. The number of aromatic amines is 1. The van der Waals surface area contributed by atoms with Gasteiger partial charge in [0.2, 0.25) is 0 Å². The number of halogens is 6. The number of aromatic nitrogens is 3. The minimum Gasteiger partial charge on any atom is -0.333 e. The van der Waals surface area contributed by atoms with E-state index in [1.54, 1.807) is 23.0 Å². The third-order valence-corrected chi connectivity index (χ3v) is 4.72. The quantitative estimate of drug-likeness (QED) is 0.341. The number of pyridine rings is 1. The topological polar surface area (TPSA) is 32.6 Å². The maximum Gasteiger partial charge on any atom is 0.417 e. The van der Waals surface area contributed by atoms with Gasteiger partial charge < -0.3 is 4.98 Å². The highest BCUT2D eigenvalue weighted by Gasteiger charge is 2.33. The van der Waals surface area contributed by atoms with Crippen LogP contribution in [-0.2, 0) is 12.7 Å². The SMILES string of the molecule is Fc1cccc(-c2nc3cc[n+](Cc4ccc(Cl)c(C(F)(F)F)c4)cc3[nH]2)c1F. The van der Waals surface area contributed by atoms with Crippen molar-refractivity contribution < 1.29 is 26.5 Å². The molecule has 0 aliphatic carbocycles. The summed E-state index contributed by atoms with van der Waals surface area (Å²) in [6.45, 7) is 0.152. The van der Waals surface area contributed by atoms with Gasteiger partial charge in [-0.2, -0.15) is 17.7 Å². The van der Waals surface area contributed by atoms with Crippen LogP contribution in [0.4, 0.5) is 22.0 Å². The van der Waals surface area contributed by atoms with Crippen LogP contribution in [0.15, 0.2) is 54.9 Å². The van der Waals surface area contributed by atoms with Crippen LogP contribution in [-0.4, -0.2) is 9.97 Å². The summed E-state index contributed by atoms with van der Waals surface area (Å²) >= 11 is 5.65. The van der Waals surface area contributed by atoms with E-state index in [4.69, 9.17) is 11.6 Å². The third kappa shape index (κ3) is 3.80. The second kappa shape index (κ2) is 7.11. The monoisotopic (exact) mass is 424 g/mol. The highest BCUT2D eigenvalue weighted by Crippen LogP contribution is 2.35. The summed E-state index contributed by atoms with van der Waals surface area (Å²) in [5.74, 6) is -1.85. The Morgan fingerprint density at radius 2 is 1.86 bits per heavy atom. The molecule has 0 amide bonds. The smallest absolute Gasteiger partial charge is 0.333 e. The average Bonchev–Trinajstić information content (AvgIpc) is 3.07. The maximum atomic E-state index is 14.0. The molecule has 3 nitrogen and oxygen atoms in total. The maximum absolute atomic E-state index is 14.0. The molecular weight excluding hydrogens is 413 g/mol. The van der Waals surface area contributed by atoms with Gasteiger partial charge in [-0.15, -0.1) is 0 Å². The first kappa shape index (κ1) is 19.3. The molecule has 2 heterocycles. The largest absolute Gasteiger partial charge is 0.417 e. The summed E-state index contributed by atoms with van der Waals surface area (Å²) in [6.07, 6.45) is -1.28. The molecule has 0 radical (unpaired) electrons. The summed E-state index contributed by atoms with van der Waals surface area (Å²) in [7, 11) is 0. The summed E-state index contributed by atoms with van der Waals surface area (Å²) in [5, 5.41) is -0.364. The van der Waals surface area contributed by atoms with Crippen molar-refractivity contribution in [3.63, 3.8) is 0 Å². The van der Waals surface area contributed by atoms with Crippen LogP contribution < -0.4 is 4.57 Å². The minimum absolute atomic E-state index is 0.0136. The lowest BCUT2D eigenvalue weighted by Crippen LogP contribution is -2.33. The molecule has 0 aliphatic heterocycles. The second-order valence-corrected chi connectivity index (χ2v) is 6.82. The van der Waals surface area contributed by atoms with E-state index in [0.717, 1.165) is 12.1 Å². The van der Waals surface area contributed by atoms with Gasteiger partial charge in [0.15, 0.2) is 30.6 Å². The molecule has 148 valence electrons. The number of rotatable bonds is 3. The molecule has 29 heavy (non-hydrogen) atoms.